The number of thiophene rings is 1. The lowest BCUT2D eigenvalue weighted by atomic mass is 10.2. The van der Waals surface area contributed by atoms with Crippen LogP contribution in [-0.2, 0) is 4.74 Å². The Balaban J connectivity index is 1.79. The second-order valence-electron chi connectivity index (χ2n) is 8.66. The zero-order valence-corrected chi connectivity index (χ0v) is 18.5. The number of fused-ring (bicyclic) bond motifs is 1. The molecule has 154 valence electrons. The van der Waals surface area contributed by atoms with Crippen LogP contribution in [0.15, 0.2) is 11.7 Å². The van der Waals surface area contributed by atoms with Gasteiger partial charge in [-0.2, -0.15) is 0 Å². The maximum Gasteiger partial charge on any atom is 0.410 e. The van der Waals surface area contributed by atoms with Gasteiger partial charge in [0.25, 0.3) is 0 Å². The Bertz CT molecular complexity index is 830. The van der Waals surface area contributed by atoms with Crippen LogP contribution in [0.3, 0.4) is 0 Å². The molecule has 1 atom stereocenters. The maximum atomic E-state index is 12.9. The van der Waals surface area contributed by atoms with E-state index in [1.807, 2.05) is 39.8 Å². The van der Waals surface area contributed by atoms with Gasteiger partial charge < -0.3 is 19.4 Å². The molecule has 0 aliphatic carbocycles. The largest absolute Gasteiger partial charge is 0.444 e. The Morgan fingerprint density at radius 3 is 2.75 bits per heavy atom. The van der Waals surface area contributed by atoms with Gasteiger partial charge in [0.05, 0.1) is 11.4 Å². The summed E-state index contributed by atoms with van der Waals surface area (Å²) in [6, 6.07) is 0.110. The number of anilines is 1. The lowest BCUT2D eigenvalue weighted by molar-refractivity contribution is 0.0167. The van der Waals surface area contributed by atoms with Crippen LogP contribution in [0.1, 0.15) is 32.8 Å². The monoisotopic (exact) mass is 405 g/mol. The highest BCUT2D eigenvalue weighted by molar-refractivity contribution is 7.17. The van der Waals surface area contributed by atoms with Crippen molar-refractivity contribution in [3.05, 3.63) is 17.3 Å². The van der Waals surface area contributed by atoms with Gasteiger partial charge in [0.2, 0.25) is 0 Å². The predicted octanol–water partition coefficient (Wildman–Crippen LogP) is 3.38. The smallest absolute Gasteiger partial charge is 0.410 e. The van der Waals surface area contributed by atoms with Gasteiger partial charge in [-0.1, -0.05) is 0 Å². The summed E-state index contributed by atoms with van der Waals surface area (Å²) in [6.45, 7) is 10.9. The molecule has 8 heteroatoms. The van der Waals surface area contributed by atoms with E-state index < -0.39 is 5.60 Å². The number of amides is 1. The average molecular weight is 406 g/mol. The number of aryl methyl sites for hydroxylation is 1. The molecule has 0 bridgehead atoms. The zero-order chi connectivity index (χ0) is 20.5. The topological polar surface area (TPSA) is 61.8 Å². The van der Waals surface area contributed by atoms with E-state index in [0.29, 0.717) is 6.54 Å². The van der Waals surface area contributed by atoms with Crippen molar-refractivity contribution in [2.45, 2.75) is 45.8 Å². The van der Waals surface area contributed by atoms with Crippen LogP contribution < -0.4 is 4.90 Å². The fourth-order valence-corrected chi connectivity index (χ4v) is 4.36. The number of hydrogen-bond donors (Lipinski definition) is 0. The Kier molecular flexibility index (Phi) is 6.09. The number of likely N-dealkylation sites (N-methyl/N-ethyl adjacent to an activating group) is 1. The van der Waals surface area contributed by atoms with E-state index in [4.69, 9.17) is 4.74 Å². The van der Waals surface area contributed by atoms with Gasteiger partial charge in [-0.05, 0) is 59.2 Å². The fraction of sp³-hybridized carbons (Fsp3) is 0.650. The molecule has 0 aromatic carbocycles. The minimum absolute atomic E-state index is 0.110. The van der Waals surface area contributed by atoms with Gasteiger partial charge in [-0.3, -0.25) is 0 Å². The summed E-state index contributed by atoms with van der Waals surface area (Å²) in [5.74, 6) is 0.975. The molecule has 3 heterocycles. The Morgan fingerprint density at radius 1 is 1.32 bits per heavy atom. The molecule has 1 fully saturated rings. The van der Waals surface area contributed by atoms with Crippen LogP contribution in [0.25, 0.3) is 10.2 Å². The van der Waals surface area contributed by atoms with Crippen LogP contribution in [0.5, 0.6) is 0 Å². The Labute approximate surface area is 171 Å². The SMILES string of the molecule is Cc1csc2ncnc(N3CCC(N(CCN(C)C)C(=O)OC(C)(C)C)C3)c12. The third kappa shape index (κ3) is 4.72. The molecule has 28 heavy (non-hydrogen) atoms. The van der Waals surface area contributed by atoms with Crippen molar-refractivity contribution >= 4 is 33.5 Å². The van der Waals surface area contributed by atoms with Crippen LogP contribution in [-0.4, -0.2) is 77.8 Å². The lowest BCUT2D eigenvalue weighted by Crippen LogP contribution is -2.47. The summed E-state index contributed by atoms with van der Waals surface area (Å²) in [7, 11) is 4.04. The van der Waals surface area contributed by atoms with Crippen LogP contribution in [0.4, 0.5) is 10.6 Å². The highest BCUT2D eigenvalue weighted by Crippen LogP contribution is 2.33. The minimum Gasteiger partial charge on any atom is -0.444 e. The maximum absolute atomic E-state index is 12.9. The van der Waals surface area contributed by atoms with E-state index >= 15 is 0 Å². The van der Waals surface area contributed by atoms with Crippen LogP contribution >= 0.6 is 11.3 Å². The molecular weight excluding hydrogens is 374 g/mol. The molecule has 7 nitrogen and oxygen atoms in total. The molecule has 0 spiro atoms. The summed E-state index contributed by atoms with van der Waals surface area (Å²) in [5.41, 5.74) is 0.703. The van der Waals surface area contributed by atoms with E-state index in [9.17, 15) is 4.79 Å². The molecule has 0 saturated carbocycles. The first-order valence-electron chi connectivity index (χ1n) is 9.74. The Morgan fingerprint density at radius 2 is 2.07 bits per heavy atom. The molecule has 2 aromatic rings. The van der Waals surface area contributed by atoms with E-state index in [1.165, 1.54) is 5.56 Å². The molecule has 3 rings (SSSR count). The molecular formula is C20H31N5O2S. The van der Waals surface area contributed by atoms with Crippen molar-refractivity contribution in [1.82, 2.24) is 19.8 Å². The van der Waals surface area contributed by atoms with Gasteiger partial charge in [0.1, 0.15) is 22.6 Å². The molecule has 2 aromatic heterocycles. The molecule has 1 saturated heterocycles. The van der Waals surface area contributed by atoms with E-state index in [1.54, 1.807) is 17.7 Å². The van der Waals surface area contributed by atoms with Gasteiger partial charge in [-0.25, -0.2) is 14.8 Å². The zero-order valence-electron chi connectivity index (χ0n) is 17.7. The lowest BCUT2D eigenvalue weighted by Gasteiger charge is -2.32. The third-order valence-corrected chi connectivity index (χ3v) is 5.86. The quantitative estimate of drug-likeness (QED) is 0.760. The third-order valence-electron chi connectivity index (χ3n) is 4.85. The average Bonchev–Trinajstić information content (AvgIpc) is 3.21. The van der Waals surface area contributed by atoms with E-state index in [-0.39, 0.29) is 12.1 Å². The van der Waals surface area contributed by atoms with Crippen molar-refractivity contribution in [3.63, 3.8) is 0 Å². The molecule has 1 aliphatic heterocycles. The number of carbonyl (C=O) groups excluding carboxylic acids is 1. The first-order valence-corrected chi connectivity index (χ1v) is 10.6. The predicted molar refractivity (Wildman–Crippen MR) is 114 cm³/mol. The second-order valence-corrected chi connectivity index (χ2v) is 9.52. The highest BCUT2D eigenvalue weighted by Gasteiger charge is 2.34. The van der Waals surface area contributed by atoms with E-state index in [0.717, 1.165) is 42.1 Å². The second kappa shape index (κ2) is 8.21. The van der Waals surface area contributed by atoms with Crippen molar-refractivity contribution in [2.24, 2.45) is 0 Å². The summed E-state index contributed by atoms with van der Waals surface area (Å²) < 4.78 is 5.69. The molecule has 0 N–H and O–H groups in total. The number of carbonyl (C=O) groups is 1. The number of ether oxygens (including phenoxy) is 1. The van der Waals surface area contributed by atoms with Crippen molar-refractivity contribution < 1.29 is 9.53 Å². The van der Waals surface area contributed by atoms with Gasteiger partial charge in [0, 0.05) is 26.2 Å². The molecule has 0 radical (unpaired) electrons. The van der Waals surface area contributed by atoms with E-state index in [2.05, 4.69) is 32.1 Å². The minimum atomic E-state index is -0.502. The number of rotatable bonds is 5. The number of nitrogens with zero attached hydrogens (tertiary/aromatic N) is 5. The summed E-state index contributed by atoms with van der Waals surface area (Å²) in [6.07, 6.45) is 2.31. The molecule has 1 aliphatic rings. The Hall–Kier alpha value is -1.93. The molecule has 1 unspecified atom stereocenters. The first kappa shape index (κ1) is 20.8. The van der Waals surface area contributed by atoms with Gasteiger partial charge in [0.15, 0.2) is 0 Å². The van der Waals surface area contributed by atoms with Gasteiger partial charge in [-0.15, -0.1) is 11.3 Å². The number of hydrogen-bond acceptors (Lipinski definition) is 7. The summed E-state index contributed by atoms with van der Waals surface area (Å²) >= 11 is 1.65. The number of aromatic nitrogens is 2. The van der Waals surface area contributed by atoms with Crippen molar-refractivity contribution in [2.75, 3.05) is 45.2 Å². The standard InChI is InChI=1S/C20H31N5O2S/c1-14-12-28-18-16(14)17(21-13-22-18)24-8-7-15(11-24)25(10-9-23(5)6)19(26)27-20(2,3)4/h12-13,15H,7-11H2,1-6H3. The van der Waals surface area contributed by atoms with Crippen LogP contribution in [0.2, 0.25) is 0 Å². The van der Waals surface area contributed by atoms with Crippen molar-refractivity contribution in [1.29, 1.82) is 0 Å². The highest BCUT2D eigenvalue weighted by atomic mass is 32.1. The first-order chi connectivity index (χ1) is 13.2. The van der Waals surface area contributed by atoms with Gasteiger partial charge >= 0.3 is 6.09 Å². The summed E-state index contributed by atoms with van der Waals surface area (Å²) in [4.78, 5) is 29.1. The normalized spacial score (nSPS) is 17.5. The summed E-state index contributed by atoms with van der Waals surface area (Å²) in [5, 5.41) is 3.26. The molecule has 1 amide bonds. The fourth-order valence-electron chi connectivity index (χ4n) is 3.48. The van der Waals surface area contributed by atoms with Crippen LogP contribution in [0, 0.1) is 6.92 Å². The van der Waals surface area contributed by atoms with Crippen molar-refractivity contribution in [3.8, 4) is 0 Å².